The molecule has 2 aromatic carbocycles. The molecule has 0 bridgehead atoms. The van der Waals surface area contributed by atoms with Crippen LogP contribution in [0, 0.1) is 0 Å². The number of anilines is 2. The molecule has 3 amide bonds. The summed E-state index contributed by atoms with van der Waals surface area (Å²) in [4.78, 5) is 23.0. The van der Waals surface area contributed by atoms with Gasteiger partial charge in [-0.05, 0) is 35.9 Å². The van der Waals surface area contributed by atoms with Crippen molar-refractivity contribution in [1.29, 1.82) is 0 Å². The second kappa shape index (κ2) is 7.64. The number of nitrogens with one attached hydrogen (secondary N) is 3. The molecule has 0 atom stereocenters. The van der Waals surface area contributed by atoms with Crippen LogP contribution in [0.15, 0.2) is 60.7 Å². The highest BCUT2D eigenvalue weighted by atomic mass is 16.2. The van der Waals surface area contributed by atoms with Crippen LogP contribution in [0.25, 0.3) is 6.08 Å². The maximum atomic E-state index is 11.8. The fraction of sp³-hybridized carbons (Fsp3) is 0.0588. The van der Waals surface area contributed by atoms with E-state index in [2.05, 4.69) is 16.0 Å². The number of urea groups is 1. The summed E-state index contributed by atoms with van der Waals surface area (Å²) in [6, 6.07) is 16.2. The maximum absolute atomic E-state index is 11.8. The van der Waals surface area contributed by atoms with Crippen LogP contribution in [0.2, 0.25) is 0 Å². The van der Waals surface area contributed by atoms with E-state index in [1.807, 2.05) is 30.3 Å². The van der Waals surface area contributed by atoms with Gasteiger partial charge in [-0.15, -0.1) is 0 Å². The highest BCUT2D eigenvalue weighted by Gasteiger charge is 2.00. The highest BCUT2D eigenvalue weighted by molar-refractivity contribution is 6.02. The van der Waals surface area contributed by atoms with E-state index in [1.54, 1.807) is 37.4 Å². The smallest absolute Gasteiger partial charge is 0.318 e. The van der Waals surface area contributed by atoms with Gasteiger partial charge in [-0.3, -0.25) is 4.79 Å². The van der Waals surface area contributed by atoms with Gasteiger partial charge in [-0.1, -0.05) is 30.3 Å². The lowest BCUT2D eigenvalue weighted by Gasteiger charge is -2.06. The largest absolute Gasteiger partial charge is 0.341 e. The van der Waals surface area contributed by atoms with Crippen LogP contribution in [0.1, 0.15) is 5.56 Å². The molecular weight excluding hydrogens is 278 g/mol. The molecular formula is C17H17N3O2. The van der Waals surface area contributed by atoms with Gasteiger partial charge in [0.2, 0.25) is 5.91 Å². The van der Waals surface area contributed by atoms with E-state index < -0.39 is 0 Å². The van der Waals surface area contributed by atoms with Crippen molar-refractivity contribution >= 4 is 29.4 Å². The molecule has 0 aliphatic rings. The van der Waals surface area contributed by atoms with Crippen LogP contribution >= 0.6 is 0 Å². The van der Waals surface area contributed by atoms with Crippen LogP contribution in [0.3, 0.4) is 0 Å². The average molecular weight is 295 g/mol. The van der Waals surface area contributed by atoms with Crippen LogP contribution in [-0.4, -0.2) is 19.0 Å². The number of benzene rings is 2. The Labute approximate surface area is 129 Å². The summed E-state index contributed by atoms with van der Waals surface area (Å²) >= 11 is 0. The number of carbonyl (C=O) groups excluding carboxylic acids is 2. The summed E-state index contributed by atoms with van der Waals surface area (Å²) < 4.78 is 0. The number of hydrogen-bond acceptors (Lipinski definition) is 2. The molecule has 0 aliphatic heterocycles. The summed E-state index contributed by atoms with van der Waals surface area (Å²) in [5.41, 5.74) is 2.27. The van der Waals surface area contributed by atoms with Crippen molar-refractivity contribution in [2.75, 3.05) is 17.7 Å². The molecule has 0 spiro atoms. The van der Waals surface area contributed by atoms with Crippen LogP contribution in [-0.2, 0) is 4.79 Å². The molecule has 0 saturated carbocycles. The van der Waals surface area contributed by atoms with Gasteiger partial charge in [0.1, 0.15) is 0 Å². The lowest BCUT2D eigenvalue weighted by Crippen LogP contribution is -2.24. The Balaban J connectivity index is 1.91. The fourth-order valence-corrected chi connectivity index (χ4v) is 1.75. The van der Waals surface area contributed by atoms with Crippen molar-refractivity contribution in [3.63, 3.8) is 0 Å². The summed E-state index contributed by atoms with van der Waals surface area (Å²) in [7, 11) is 1.54. The van der Waals surface area contributed by atoms with Crippen molar-refractivity contribution in [2.45, 2.75) is 0 Å². The second-order valence-corrected chi connectivity index (χ2v) is 4.51. The topological polar surface area (TPSA) is 70.2 Å². The molecule has 0 fully saturated rings. The van der Waals surface area contributed by atoms with E-state index in [0.29, 0.717) is 11.4 Å². The third-order valence-corrected chi connectivity index (χ3v) is 2.86. The molecule has 0 heterocycles. The fourth-order valence-electron chi connectivity index (χ4n) is 1.75. The monoisotopic (exact) mass is 295 g/mol. The SMILES string of the molecule is CNC(=O)Nc1ccc(NC(=O)/C=C/c2ccccc2)cc1. The van der Waals surface area contributed by atoms with E-state index in [4.69, 9.17) is 0 Å². The van der Waals surface area contributed by atoms with Gasteiger partial charge in [0.15, 0.2) is 0 Å². The maximum Gasteiger partial charge on any atom is 0.318 e. The number of carbonyl (C=O) groups is 2. The minimum absolute atomic E-state index is 0.212. The highest BCUT2D eigenvalue weighted by Crippen LogP contribution is 2.13. The minimum atomic E-state index is -0.289. The standard InChI is InChI=1S/C17H17N3O2/c1-18-17(22)20-15-10-8-14(9-11-15)19-16(21)12-7-13-5-3-2-4-6-13/h2-12H,1H3,(H,19,21)(H2,18,20,22)/b12-7+. The molecule has 22 heavy (non-hydrogen) atoms. The van der Waals surface area contributed by atoms with Crippen molar-refractivity contribution in [2.24, 2.45) is 0 Å². The van der Waals surface area contributed by atoms with Gasteiger partial charge in [-0.25, -0.2) is 4.79 Å². The molecule has 0 aromatic heterocycles. The van der Waals surface area contributed by atoms with Crippen LogP contribution in [0.5, 0.6) is 0 Å². The van der Waals surface area contributed by atoms with Crippen molar-refractivity contribution in [3.8, 4) is 0 Å². The van der Waals surface area contributed by atoms with Crippen LogP contribution in [0.4, 0.5) is 16.2 Å². The van der Waals surface area contributed by atoms with Gasteiger partial charge in [-0.2, -0.15) is 0 Å². The van der Waals surface area contributed by atoms with E-state index in [-0.39, 0.29) is 11.9 Å². The Kier molecular flexibility index (Phi) is 5.31. The molecule has 2 aromatic rings. The van der Waals surface area contributed by atoms with Gasteiger partial charge >= 0.3 is 6.03 Å². The predicted molar refractivity (Wildman–Crippen MR) is 88.6 cm³/mol. The summed E-state index contributed by atoms with van der Waals surface area (Å²) in [6.07, 6.45) is 3.23. The Morgan fingerprint density at radius 3 is 2.05 bits per heavy atom. The lowest BCUT2D eigenvalue weighted by molar-refractivity contribution is -0.111. The van der Waals surface area contributed by atoms with E-state index in [0.717, 1.165) is 5.56 Å². The zero-order valence-electron chi connectivity index (χ0n) is 12.2. The van der Waals surface area contributed by atoms with Gasteiger partial charge in [0.05, 0.1) is 0 Å². The third kappa shape index (κ3) is 4.79. The zero-order valence-corrected chi connectivity index (χ0v) is 12.2. The zero-order chi connectivity index (χ0) is 15.8. The van der Waals surface area contributed by atoms with Gasteiger partial charge in [0, 0.05) is 24.5 Å². The first-order chi connectivity index (χ1) is 10.7. The second-order valence-electron chi connectivity index (χ2n) is 4.51. The van der Waals surface area contributed by atoms with Crippen molar-refractivity contribution in [3.05, 3.63) is 66.2 Å². The number of amides is 3. The molecule has 0 unspecified atom stereocenters. The van der Waals surface area contributed by atoms with E-state index in [1.165, 1.54) is 6.08 Å². The van der Waals surface area contributed by atoms with Gasteiger partial charge < -0.3 is 16.0 Å². The Morgan fingerprint density at radius 2 is 1.45 bits per heavy atom. The van der Waals surface area contributed by atoms with Crippen molar-refractivity contribution in [1.82, 2.24) is 5.32 Å². The molecule has 2 rings (SSSR count). The summed E-state index contributed by atoms with van der Waals surface area (Å²) in [5, 5.41) is 7.86. The first-order valence-electron chi connectivity index (χ1n) is 6.80. The molecule has 5 heteroatoms. The molecule has 0 radical (unpaired) electrons. The Bertz CT molecular complexity index is 664. The normalized spacial score (nSPS) is 10.2. The third-order valence-electron chi connectivity index (χ3n) is 2.86. The average Bonchev–Trinajstić information content (AvgIpc) is 2.55. The van der Waals surface area contributed by atoms with Crippen LogP contribution < -0.4 is 16.0 Å². The van der Waals surface area contributed by atoms with Crippen molar-refractivity contribution < 1.29 is 9.59 Å². The molecule has 112 valence electrons. The van der Waals surface area contributed by atoms with E-state index >= 15 is 0 Å². The Morgan fingerprint density at radius 1 is 0.864 bits per heavy atom. The molecule has 5 nitrogen and oxygen atoms in total. The Hall–Kier alpha value is -3.08. The van der Waals surface area contributed by atoms with E-state index in [9.17, 15) is 9.59 Å². The van der Waals surface area contributed by atoms with Gasteiger partial charge in [0.25, 0.3) is 0 Å². The number of rotatable bonds is 4. The molecule has 0 saturated heterocycles. The molecule has 3 N–H and O–H groups in total. The summed E-state index contributed by atoms with van der Waals surface area (Å²) in [5.74, 6) is -0.212. The predicted octanol–water partition coefficient (Wildman–Crippen LogP) is 3.09. The minimum Gasteiger partial charge on any atom is -0.341 e. The number of hydrogen-bond donors (Lipinski definition) is 3. The lowest BCUT2D eigenvalue weighted by atomic mass is 10.2. The molecule has 0 aliphatic carbocycles. The summed E-state index contributed by atoms with van der Waals surface area (Å²) in [6.45, 7) is 0. The first-order valence-corrected chi connectivity index (χ1v) is 6.80. The first kappa shape index (κ1) is 15.3. The quantitative estimate of drug-likeness (QED) is 0.759.